The van der Waals surface area contributed by atoms with Crippen molar-refractivity contribution < 1.29 is 13.9 Å². The van der Waals surface area contributed by atoms with Gasteiger partial charge in [0.25, 0.3) is 0 Å². The van der Waals surface area contributed by atoms with Gasteiger partial charge in [-0.05, 0) is 62.0 Å². The molecule has 3 fully saturated rings. The molecule has 3 aliphatic rings. The summed E-state index contributed by atoms with van der Waals surface area (Å²) in [5.74, 6) is 0.806. The van der Waals surface area contributed by atoms with E-state index in [1.165, 1.54) is 5.56 Å². The van der Waals surface area contributed by atoms with Gasteiger partial charge in [-0.2, -0.15) is 0 Å². The first kappa shape index (κ1) is 24.5. The quantitative estimate of drug-likeness (QED) is 0.572. The van der Waals surface area contributed by atoms with Crippen molar-refractivity contribution in [3.63, 3.8) is 0 Å². The lowest BCUT2D eigenvalue weighted by Crippen LogP contribution is -2.49. The Labute approximate surface area is 211 Å². The van der Waals surface area contributed by atoms with Crippen LogP contribution in [0.15, 0.2) is 42.6 Å². The highest BCUT2D eigenvalue weighted by Crippen LogP contribution is 2.41. The van der Waals surface area contributed by atoms with E-state index >= 15 is 4.39 Å². The summed E-state index contributed by atoms with van der Waals surface area (Å²) in [5, 5.41) is 7.45. The maximum atomic E-state index is 15.4. The highest BCUT2D eigenvalue weighted by atomic mass is 35.5. The van der Waals surface area contributed by atoms with E-state index in [2.05, 4.69) is 21.7 Å². The minimum absolute atomic E-state index is 0.277. The summed E-state index contributed by atoms with van der Waals surface area (Å²) in [7, 11) is 0. The van der Waals surface area contributed by atoms with E-state index in [-0.39, 0.29) is 12.1 Å². The zero-order valence-electron chi connectivity index (χ0n) is 20.0. The molecule has 3 heterocycles. The number of halogens is 2. The van der Waals surface area contributed by atoms with E-state index in [1.807, 2.05) is 36.5 Å². The monoisotopic (exact) mass is 500 g/mol. The van der Waals surface area contributed by atoms with Crippen LogP contribution in [0.5, 0.6) is 0 Å². The first-order valence-corrected chi connectivity index (χ1v) is 13.1. The molecule has 1 unspecified atom stereocenters. The predicted octanol–water partition coefficient (Wildman–Crippen LogP) is 4.79. The van der Waals surface area contributed by atoms with Crippen molar-refractivity contribution in [1.82, 2.24) is 20.5 Å². The molecule has 0 radical (unpaired) electrons. The Morgan fingerprint density at radius 3 is 2.60 bits per heavy atom. The van der Waals surface area contributed by atoms with Gasteiger partial charge in [0.1, 0.15) is 5.67 Å². The molecule has 0 bridgehead atoms. The zero-order chi connectivity index (χ0) is 24.3. The number of nitrogens with zero attached hydrogens (tertiary/aromatic N) is 2. The number of ether oxygens (including phenoxy) is 1. The summed E-state index contributed by atoms with van der Waals surface area (Å²) in [5.41, 5.74) is 1.85. The topological polar surface area (TPSA) is 66.5 Å². The van der Waals surface area contributed by atoms with Crippen LogP contribution in [-0.4, -0.2) is 67.0 Å². The van der Waals surface area contributed by atoms with Crippen molar-refractivity contribution >= 4 is 17.7 Å². The molecule has 5 rings (SSSR count). The molecule has 1 aromatic carbocycles. The SMILES string of the molecule is O=C(OCC1CCNCC1)N1CCC(F)(CN[C@@H]2CC2c2ccc(-c3ccc(Cl)cc3)nc2)CC1. The van der Waals surface area contributed by atoms with E-state index < -0.39 is 5.67 Å². The first-order valence-electron chi connectivity index (χ1n) is 12.8. The summed E-state index contributed by atoms with van der Waals surface area (Å²) in [6.07, 6.45) is 5.39. The predicted molar refractivity (Wildman–Crippen MR) is 135 cm³/mol. The molecule has 1 aliphatic carbocycles. The average molecular weight is 501 g/mol. The van der Waals surface area contributed by atoms with Gasteiger partial charge in [-0.1, -0.05) is 29.8 Å². The summed E-state index contributed by atoms with van der Waals surface area (Å²) >= 11 is 5.97. The number of rotatable bonds is 7. The molecular formula is C27H34ClFN4O2. The Hall–Kier alpha value is -2.22. The number of likely N-dealkylation sites (tertiary alicyclic amines) is 1. The van der Waals surface area contributed by atoms with Crippen molar-refractivity contribution in [3.05, 3.63) is 53.2 Å². The number of hydrogen-bond acceptors (Lipinski definition) is 5. The summed E-state index contributed by atoms with van der Waals surface area (Å²) in [6.45, 7) is 3.58. The van der Waals surface area contributed by atoms with Crippen molar-refractivity contribution in [1.29, 1.82) is 0 Å². The maximum absolute atomic E-state index is 15.4. The third-order valence-electron chi connectivity index (χ3n) is 7.64. The molecule has 1 saturated carbocycles. The van der Waals surface area contributed by atoms with Crippen molar-refractivity contribution in [2.24, 2.45) is 5.92 Å². The lowest BCUT2D eigenvalue weighted by molar-refractivity contribution is 0.0362. The highest BCUT2D eigenvalue weighted by Gasteiger charge is 2.42. The number of amides is 1. The largest absolute Gasteiger partial charge is 0.449 e. The van der Waals surface area contributed by atoms with Gasteiger partial charge in [0.15, 0.2) is 0 Å². The van der Waals surface area contributed by atoms with Gasteiger partial charge < -0.3 is 20.3 Å². The van der Waals surface area contributed by atoms with Crippen LogP contribution in [0.2, 0.25) is 5.02 Å². The number of pyridine rings is 1. The fraction of sp³-hybridized carbons (Fsp3) is 0.556. The van der Waals surface area contributed by atoms with E-state index in [0.29, 0.717) is 55.9 Å². The number of aromatic nitrogens is 1. The number of alkyl halides is 1. The molecule has 2 atom stereocenters. The molecule has 2 N–H and O–H groups in total. The Bertz CT molecular complexity index is 989. The molecule has 2 saturated heterocycles. The summed E-state index contributed by atoms with van der Waals surface area (Å²) in [6, 6.07) is 12.1. The lowest BCUT2D eigenvalue weighted by Gasteiger charge is -2.36. The third-order valence-corrected chi connectivity index (χ3v) is 7.90. The van der Waals surface area contributed by atoms with E-state index in [9.17, 15) is 4.79 Å². The number of benzene rings is 1. The molecule has 1 aromatic heterocycles. The third kappa shape index (κ3) is 6.32. The fourth-order valence-electron chi connectivity index (χ4n) is 5.11. The van der Waals surface area contributed by atoms with Crippen LogP contribution < -0.4 is 10.6 Å². The van der Waals surface area contributed by atoms with Gasteiger partial charge in [0.2, 0.25) is 0 Å². The highest BCUT2D eigenvalue weighted by molar-refractivity contribution is 6.30. The molecule has 6 nitrogen and oxygen atoms in total. The van der Waals surface area contributed by atoms with Crippen LogP contribution in [0.3, 0.4) is 0 Å². The van der Waals surface area contributed by atoms with Crippen LogP contribution in [0.1, 0.15) is 43.6 Å². The molecule has 2 aromatic rings. The zero-order valence-corrected chi connectivity index (χ0v) is 20.8. The molecule has 1 amide bonds. The standard InChI is InChI=1S/C27H34ClFN4O2/c28-22-4-1-20(2-5-22)24-6-3-21(16-31-24)23-15-25(23)32-18-27(29)9-13-33(14-10-27)26(34)35-17-19-7-11-30-12-8-19/h1-6,16,19,23,25,30,32H,7-15,17-18H2/t23?,25-/m1/s1. The molecule has 8 heteroatoms. The Kier molecular flexibility index (Phi) is 7.56. The van der Waals surface area contributed by atoms with E-state index in [0.717, 1.165) is 43.6 Å². The first-order chi connectivity index (χ1) is 17.0. The lowest BCUT2D eigenvalue weighted by atomic mass is 9.93. The second kappa shape index (κ2) is 10.8. The van der Waals surface area contributed by atoms with Gasteiger partial charge >= 0.3 is 6.09 Å². The van der Waals surface area contributed by atoms with Gasteiger partial charge in [0, 0.05) is 61.2 Å². The number of carbonyl (C=O) groups excluding carboxylic acids is 1. The molecule has 2 aliphatic heterocycles. The number of piperidine rings is 2. The van der Waals surface area contributed by atoms with Crippen LogP contribution >= 0.6 is 11.6 Å². The van der Waals surface area contributed by atoms with Crippen LogP contribution in [0.25, 0.3) is 11.3 Å². The molecule has 188 valence electrons. The van der Waals surface area contributed by atoms with Gasteiger partial charge in [0.05, 0.1) is 12.3 Å². The second-order valence-corrected chi connectivity index (χ2v) is 10.7. The Morgan fingerprint density at radius 1 is 1.17 bits per heavy atom. The van der Waals surface area contributed by atoms with Gasteiger partial charge in [-0.25, -0.2) is 9.18 Å². The van der Waals surface area contributed by atoms with E-state index in [4.69, 9.17) is 16.3 Å². The second-order valence-electron chi connectivity index (χ2n) is 10.2. The minimum atomic E-state index is -1.28. The minimum Gasteiger partial charge on any atom is -0.449 e. The number of carbonyl (C=O) groups is 1. The number of hydrogen-bond donors (Lipinski definition) is 2. The van der Waals surface area contributed by atoms with Crippen LogP contribution in [-0.2, 0) is 4.74 Å². The molecular weight excluding hydrogens is 467 g/mol. The summed E-state index contributed by atoms with van der Waals surface area (Å²) < 4.78 is 20.9. The smallest absolute Gasteiger partial charge is 0.409 e. The van der Waals surface area contributed by atoms with Crippen molar-refractivity contribution in [2.45, 2.75) is 49.7 Å². The normalized spacial score (nSPS) is 24.2. The Morgan fingerprint density at radius 2 is 1.91 bits per heavy atom. The summed E-state index contributed by atoms with van der Waals surface area (Å²) in [4.78, 5) is 18.7. The van der Waals surface area contributed by atoms with Crippen molar-refractivity contribution in [3.8, 4) is 11.3 Å². The molecule has 0 spiro atoms. The van der Waals surface area contributed by atoms with Crippen molar-refractivity contribution in [2.75, 3.05) is 39.3 Å². The van der Waals surface area contributed by atoms with Crippen LogP contribution in [0, 0.1) is 5.92 Å². The van der Waals surface area contributed by atoms with E-state index in [1.54, 1.807) is 4.90 Å². The van der Waals surface area contributed by atoms with Gasteiger partial charge in [-0.3, -0.25) is 4.98 Å². The maximum Gasteiger partial charge on any atom is 0.409 e. The Balaban J connectivity index is 1.03. The van der Waals surface area contributed by atoms with Crippen LogP contribution in [0.4, 0.5) is 9.18 Å². The van der Waals surface area contributed by atoms with Gasteiger partial charge in [-0.15, -0.1) is 0 Å². The fourth-order valence-corrected chi connectivity index (χ4v) is 5.24. The average Bonchev–Trinajstić information content (AvgIpc) is 3.68. The molecule has 35 heavy (non-hydrogen) atoms. The number of nitrogens with one attached hydrogen (secondary N) is 2.